The third-order valence-corrected chi connectivity index (χ3v) is 15.8. The van der Waals surface area contributed by atoms with Crippen molar-refractivity contribution >= 4 is 88.1 Å². The van der Waals surface area contributed by atoms with Gasteiger partial charge in [0.2, 0.25) is 35.4 Å². The quantitative estimate of drug-likeness (QED) is 0.0134. The van der Waals surface area contributed by atoms with Gasteiger partial charge in [-0.05, 0) is 85.0 Å². The molecule has 5 aromatic rings. The number of nitrogens with one attached hydrogen (secondary N) is 7. The van der Waals surface area contributed by atoms with Crippen LogP contribution in [0.5, 0.6) is 0 Å². The van der Waals surface area contributed by atoms with Crippen molar-refractivity contribution < 1.29 is 71.7 Å². The lowest BCUT2D eigenvalue weighted by molar-refractivity contribution is -0.172. The van der Waals surface area contributed by atoms with Crippen molar-refractivity contribution in [2.45, 2.75) is 103 Å². The Kier molecular flexibility index (Phi) is 19.4. The van der Waals surface area contributed by atoms with Crippen LogP contribution in [0.4, 0.5) is 14.9 Å². The molecule has 0 spiro atoms. The Morgan fingerprint density at radius 3 is 2.30 bits per heavy atom. The summed E-state index contributed by atoms with van der Waals surface area (Å²) in [6.07, 6.45) is 4.24. The summed E-state index contributed by atoms with van der Waals surface area (Å²) in [5.41, 5.74) is 4.77. The number of alkyl carbamates (subject to hydrolysis) is 1. The number of unbranched alkanes of at least 4 members (excludes halogenated alkanes) is 2. The van der Waals surface area contributed by atoms with Crippen LogP contribution in [0.25, 0.3) is 22.3 Å². The van der Waals surface area contributed by atoms with E-state index in [-0.39, 0.29) is 64.1 Å². The van der Waals surface area contributed by atoms with Crippen LogP contribution >= 0.6 is 12.2 Å². The number of rotatable bonds is 25. The number of ether oxygens (including phenoxy) is 3. The number of carbonyl (C=O) groups is 10. The Hall–Kier alpha value is -9.27. The summed E-state index contributed by atoms with van der Waals surface area (Å²) in [6.45, 7) is 1.46. The van der Waals surface area contributed by atoms with Gasteiger partial charge in [-0.1, -0.05) is 68.0 Å². The summed E-state index contributed by atoms with van der Waals surface area (Å²) in [6, 6.07) is 16.5. The van der Waals surface area contributed by atoms with Crippen LogP contribution in [0.2, 0.25) is 0 Å². The predicted octanol–water partition coefficient (Wildman–Crippen LogP) is 3.40. The van der Waals surface area contributed by atoms with Crippen LogP contribution < -0.4 is 37.2 Å². The largest absolute Gasteiger partial charge is 0.458 e. The molecule has 1 aliphatic carbocycles. The molecular weight excluding hydrogens is 1140 g/mol. The molecule has 2 aromatic heterocycles. The standard InChI is InChI=1S/C60H63FN10O14S/c1-3-60(82)40-23-45-55-38(28-71(45)57(86)39(40)30-84-58(60)80)54-42(18-17-37-33(2)41(61)24-43(69-55)53(37)54)67-50(76)31-83-32-65-59(81)85-29-35-13-15-36(16-14-35)66-48(74)27-64-56(79)44(22-34-10-6-4-7-11-34)68-49(75)26-63-47(73)25-62-46(72)12-8-5-9-21-70-51(77)19-20-52(70)78/h4,6-7,10-11,13-16,19-20,23-24,42,44,82H,3,5,8-9,12,17-18,21-22,25-32H2,1-2H3,(H,62,72)(H,63,73)(H,64,79)(H,65,81)(H,66,74)(H,67,76)(H,68,75)/t42?,44-,60-/m0/s1. The lowest BCUT2D eigenvalue weighted by atomic mass is 9.81. The topological polar surface area (TPSA) is 324 Å². The lowest BCUT2D eigenvalue weighted by Gasteiger charge is -2.32. The van der Waals surface area contributed by atoms with E-state index in [9.17, 15) is 53.1 Å². The predicted molar refractivity (Wildman–Crippen MR) is 308 cm³/mol. The Morgan fingerprint density at radius 1 is 0.837 bits per heavy atom. The highest BCUT2D eigenvalue weighted by atomic mass is 32.1. The fraction of sp³-hybridized carbons (Fsp3) is 0.367. The van der Waals surface area contributed by atoms with Crippen molar-refractivity contribution in [3.05, 3.63) is 134 Å². The number of carbonyl (C=O) groups excluding carboxylic acids is 10. The second-order valence-corrected chi connectivity index (χ2v) is 21.4. The first-order chi connectivity index (χ1) is 41.3. The fourth-order valence-electron chi connectivity index (χ4n) is 10.8. The van der Waals surface area contributed by atoms with E-state index >= 15 is 4.39 Å². The maximum Gasteiger partial charge on any atom is 0.409 e. The van der Waals surface area contributed by atoms with Crippen molar-refractivity contribution in [1.29, 1.82) is 0 Å². The molecule has 1 unspecified atom stereocenters. The number of benzene rings is 3. The fourth-order valence-corrected chi connectivity index (χ4v) is 11.1. The minimum atomic E-state index is -1.92. The monoisotopic (exact) mass is 1200 g/mol. The molecule has 5 heterocycles. The molecule has 450 valence electrons. The van der Waals surface area contributed by atoms with Gasteiger partial charge in [-0.3, -0.25) is 48.6 Å². The van der Waals surface area contributed by atoms with Crippen molar-refractivity contribution in [2.24, 2.45) is 0 Å². The Bertz CT molecular complexity index is 3640. The summed E-state index contributed by atoms with van der Waals surface area (Å²) in [5, 5.41) is 30.3. The zero-order chi connectivity index (χ0) is 61.2. The third kappa shape index (κ3) is 14.1. The number of aryl methyl sites for hydroxylation is 1. The maximum absolute atomic E-state index is 15.4. The molecule has 0 bridgehead atoms. The Labute approximate surface area is 497 Å². The summed E-state index contributed by atoms with van der Waals surface area (Å²) in [4.78, 5) is 132. The highest BCUT2D eigenvalue weighted by molar-refractivity contribution is 7.71. The van der Waals surface area contributed by atoms with Gasteiger partial charge in [0.05, 0.1) is 49.1 Å². The van der Waals surface area contributed by atoms with Crippen molar-refractivity contribution in [3.63, 3.8) is 0 Å². The van der Waals surface area contributed by atoms with Gasteiger partial charge in [0.15, 0.2) is 5.60 Å². The van der Waals surface area contributed by atoms with Gasteiger partial charge in [-0.2, -0.15) is 0 Å². The number of cyclic esters (lactones) is 1. The summed E-state index contributed by atoms with van der Waals surface area (Å²) < 4.78 is 33.8. The number of esters is 1. The number of pyridine rings is 2. The lowest BCUT2D eigenvalue weighted by Crippen LogP contribution is -2.52. The zero-order valence-corrected chi connectivity index (χ0v) is 47.9. The van der Waals surface area contributed by atoms with Crippen LogP contribution in [-0.2, 0) is 95.6 Å². The number of anilines is 1. The van der Waals surface area contributed by atoms with Crippen LogP contribution in [0.1, 0.15) is 96.0 Å². The SMILES string of the molecule is CC[C@@]1(O)C(=O)OCc2c1cc1n(c2=S)Cc2c-1nc1cc(F)c(C)c3c1c2C(NC(=O)COCNC(=O)OCc1ccc(NC(=O)CNC(=O)[C@H](Cc2ccccc2)NC(=O)CNC(=O)CNC(=O)CCCCCN2C(=O)C=CC2=O)cc1)CC3. The number of hydrogen-bond acceptors (Lipinski definition) is 16. The molecule has 9 amide bonds. The average molecular weight is 1200 g/mol. The molecule has 0 saturated heterocycles. The molecule has 8 N–H and O–H groups in total. The Balaban J connectivity index is 0.690. The van der Waals surface area contributed by atoms with Gasteiger partial charge in [-0.15, -0.1) is 0 Å². The van der Waals surface area contributed by atoms with E-state index < -0.39 is 97.2 Å². The van der Waals surface area contributed by atoms with E-state index in [2.05, 4.69) is 37.2 Å². The molecule has 24 nitrogen and oxygen atoms in total. The van der Waals surface area contributed by atoms with Crippen molar-refractivity contribution in [2.75, 3.05) is 44.8 Å². The first-order valence-electron chi connectivity index (χ1n) is 28.0. The number of nitrogens with zero attached hydrogens (tertiary/aromatic N) is 3. The first-order valence-corrected chi connectivity index (χ1v) is 28.4. The van der Waals surface area contributed by atoms with E-state index in [1.54, 1.807) is 74.5 Å². The van der Waals surface area contributed by atoms with E-state index in [1.807, 2.05) is 4.57 Å². The van der Waals surface area contributed by atoms with E-state index in [4.69, 9.17) is 31.4 Å². The summed E-state index contributed by atoms with van der Waals surface area (Å²) >= 11 is 5.91. The molecule has 0 saturated carbocycles. The molecule has 86 heavy (non-hydrogen) atoms. The second kappa shape index (κ2) is 27.2. The van der Waals surface area contributed by atoms with Crippen molar-refractivity contribution in [3.8, 4) is 11.4 Å². The van der Waals surface area contributed by atoms with Crippen LogP contribution in [0.15, 0.2) is 78.9 Å². The second-order valence-electron chi connectivity index (χ2n) is 21.0. The maximum atomic E-state index is 15.4. The van der Waals surface area contributed by atoms with E-state index in [0.29, 0.717) is 87.2 Å². The molecule has 0 radical (unpaired) electrons. The number of aromatic nitrogens is 2. The van der Waals surface area contributed by atoms with Gasteiger partial charge in [0.25, 0.3) is 11.8 Å². The minimum absolute atomic E-state index is 0.0459. The Morgan fingerprint density at radius 2 is 1.56 bits per heavy atom. The molecule has 4 aliphatic rings. The first kappa shape index (κ1) is 61.3. The van der Waals surface area contributed by atoms with Gasteiger partial charge in [-0.25, -0.2) is 19.0 Å². The van der Waals surface area contributed by atoms with Crippen molar-refractivity contribution in [1.82, 2.24) is 46.4 Å². The molecule has 9 rings (SSSR count). The number of fused-ring (bicyclic) bond motifs is 5. The molecule has 3 aliphatic heterocycles. The van der Waals surface area contributed by atoms with Crippen LogP contribution in [0.3, 0.4) is 0 Å². The molecule has 0 fully saturated rings. The number of amides is 9. The highest BCUT2D eigenvalue weighted by Crippen LogP contribution is 2.47. The smallest absolute Gasteiger partial charge is 0.409 e. The van der Waals surface area contributed by atoms with Crippen LogP contribution in [-0.4, -0.2) is 124 Å². The number of halogens is 1. The number of hydrogen-bond donors (Lipinski definition) is 8. The minimum Gasteiger partial charge on any atom is -0.458 e. The average Bonchev–Trinajstić information content (AvgIpc) is 1.55. The number of imide groups is 1. The summed E-state index contributed by atoms with van der Waals surface area (Å²) in [5.74, 6) is -5.42. The van der Waals surface area contributed by atoms with Gasteiger partial charge < -0.3 is 55.8 Å². The third-order valence-electron chi connectivity index (χ3n) is 15.3. The van der Waals surface area contributed by atoms with Crippen LogP contribution in [0, 0.1) is 17.4 Å². The van der Waals surface area contributed by atoms with E-state index in [0.717, 1.165) is 27.0 Å². The number of aliphatic hydroxyl groups is 1. The zero-order valence-electron chi connectivity index (χ0n) is 47.1. The van der Waals surface area contributed by atoms with Gasteiger partial charge >= 0.3 is 12.1 Å². The van der Waals surface area contributed by atoms with Gasteiger partial charge in [0, 0.05) is 65.4 Å². The summed E-state index contributed by atoms with van der Waals surface area (Å²) in [7, 11) is 0. The molecular formula is C60H63FN10O14S. The highest BCUT2D eigenvalue weighted by Gasteiger charge is 2.45. The van der Waals surface area contributed by atoms with Gasteiger partial charge in [0.1, 0.15) is 43.1 Å². The normalized spacial score (nSPS) is 16.5. The molecule has 26 heteroatoms. The molecule has 3 aromatic carbocycles. The van der Waals surface area contributed by atoms with E-state index in [1.165, 1.54) is 18.2 Å². The molecule has 3 atom stereocenters.